The molecule has 1 saturated heterocycles. The molecule has 0 amide bonds. The van der Waals surface area contributed by atoms with Crippen LogP contribution in [-0.4, -0.2) is 25.8 Å². The van der Waals surface area contributed by atoms with Gasteiger partial charge in [-0.25, -0.2) is 0 Å². The van der Waals surface area contributed by atoms with Gasteiger partial charge < -0.3 is 10.1 Å². The lowest BCUT2D eigenvalue weighted by molar-refractivity contribution is 0.0253. The molecule has 0 aromatic carbocycles. The summed E-state index contributed by atoms with van der Waals surface area (Å²) in [5.41, 5.74) is 0.450. The summed E-state index contributed by atoms with van der Waals surface area (Å²) >= 11 is 0. The molecule has 1 N–H and O–H groups in total. The zero-order chi connectivity index (χ0) is 13.0. The first-order valence-electron chi connectivity index (χ1n) is 8.00. The number of hydrogen-bond donors (Lipinski definition) is 1. The van der Waals surface area contributed by atoms with Gasteiger partial charge in [-0.15, -0.1) is 0 Å². The van der Waals surface area contributed by atoms with E-state index in [9.17, 15) is 0 Å². The third kappa shape index (κ3) is 3.48. The van der Waals surface area contributed by atoms with Gasteiger partial charge in [0.1, 0.15) is 0 Å². The molecule has 1 saturated carbocycles. The molecule has 2 heteroatoms. The number of hydrogen-bond acceptors (Lipinski definition) is 2. The molecular formula is C16H31NO. The van der Waals surface area contributed by atoms with E-state index in [1.54, 1.807) is 0 Å². The van der Waals surface area contributed by atoms with Crippen LogP contribution in [0, 0.1) is 17.3 Å². The van der Waals surface area contributed by atoms with E-state index in [2.05, 4.69) is 26.1 Å². The van der Waals surface area contributed by atoms with Crippen LogP contribution in [0.5, 0.6) is 0 Å². The summed E-state index contributed by atoms with van der Waals surface area (Å²) in [5, 5.41) is 3.71. The summed E-state index contributed by atoms with van der Waals surface area (Å²) in [7, 11) is 0. The van der Waals surface area contributed by atoms with Crippen LogP contribution in [0.3, 0.4) is 0 Å². The molecular weight excluding hydrogens is 222 g/mol. The van der Waals surface area contributed by atoms with E-state index in [0.29, 0.717) is 11.5 Å². The molecule has 0 aromatic heterocycles. The second-order valence-corrected chi connectivity index (χ2v) is 6.87. The van der Waals surface area contributed by atoms with Crippen molar-refractivity contribution >= 4 is 0 Å². The third-order valence-electron chi connectivity index (χ3n) is 4.61. The highest BCUT2D eigenvalue weighted by Crippen LogP contribution is 2.50. The predicted octanol–water partition coefficient (Wildman–Crippen LogP) is 3.61. The first kappa shape index (κ1) is 14.3. The minimum absolute atomic E-state index is 0.450. The van der Waals surface area contributed by atoms with Gasteiger partial charge in [0.2, 0.25) is 0 Å². The van der Waals surface area contributed by atoms with Gasteiger partial charge in [0, 0.05) is 18.6 Å². The van der Waals surface area contributed by atoms with Crippen molar-refractivity contribution < 1.29 is 4.74 Å². The van der Waals surface area contributed by atoms with Gasteiger partial charge in [-0.1, -0.05) is 33.6 Å². The Labute approximate surface area is 113 Å². The van der Waals surface area contributed by atoms with E-state index < -0.39 is 0 Å². The van der Waals surface area contributed by atoms with Crippen molar-refractivity contribution in [3.63, 3.8) is 0 Å². The molecule has 0 spiro atoms. The van der Waals surface area contributed by atoms with Crippen molar-refractivity contribution in [2.45, 2.75) is 65.4 Å². The molecule has 18 heavy (non-hydrogen) atoms. The highest BCUT2D eigenvalue weighted by Gasteiger charge is 2.50. The Bertz CT molecular complexity index is 249. The summed E-state index contributed by atoms with van der Waals surface area (Å²) in [5.74, 6) is 1.63. The number of nitrogens with one attached hydrogen (secondary N) is 1. The third-order valence-corrected chi connectivity index (χ3v) is 4.61. The molecule has 1 aliphatic carbocycles. The average Bonchev–Trinajstić information content (AvgIpc) is 3.09. The Kier molecular flexibility index (Phi) is 5.08. The standard InChI is InChI=1S/C16H31NO/c1-4-5-8-16(12-17-11-13(2)3)9-10-18-15(16)14-6-7-14/h13-15,17H,4-12H2,1-3H3. The van der Waals surface area contributed by atoms with Crippen molar-refractivity contribution in [2.24, 2.45) is 17.3 Å². The maximum atomic E-state index is 6.11. The molecule has 2 rings (SSSR count). The molecule has 0 aromatic rings. The Morgan fingerprint density at radius 2 is 2.11 bits per heavy atom. The van der Waals surface area contributed by atoms with Gasteiger partial charge in [-0.3, -0.25) is 0 Å². The fourth-order valence-corrected chi connectivity index (χ4v) is 3.43. The van der Waals surface area contributed by atoms with Crippen LogP contribution in [0.4, 0.5) is 0 Å². The number of rotatable bonds is 8. The van der Waals surface area contributed by atoms with Gasteiger partial charge >= 0.3 is 0 Å². The SMILES string of the molecule is CCCCC1(CNCC(C)C)CCOC1C1CC1. The normalized spacial score (nSPS) is 32.3. The predicted molar refractivity (Wildman–Crippen MR) is 76.7 cm³/mol. The highest BCUT2D eigenvalue weighted by molar-refractivity contribution is 5.00. The lowest BCUT2D eigenvalue weighted by Gasteiger charge is -2.35. The van der Waals surface area contributed by atoms with Crippen molar-refractivity contribution in [1.29, 1.82) is 0 Å². The number of unbranched alkanes of at least 4 members (excludes halogenated alkanes) is 1. The lowest BCUT2D eigenvalue weighted by Crippen LogP contribution is -2.42. The van der Waals surface area contributed by atoms with Crippen molar-refractivity contribution in [2.75, 3.05) is 19.7 Å². The van der Waals surface area contributed by atoms with Crippen LogP contribution in [-0.2, 0) is 4.74 Å². The van der Waals surface area contributed by atoms with Crippen LogP contribution in [0.1, 0.15) is 59.3 Å². The van der Waals surface area contributed by atoms with Crippen molar-refractivity contribution in [3.05, 3.63) is 0 Å². The fourth-order valence-electron chi connectivity index (χ4n) is 3.43. The molecule has 2 unspecified atom stereocenters. The largest absolute Gasteiger partial charge is 0.377 e. The van der Waals surface area contributed by atoms with E-state index in [1.165, 1.54) is 45.1 Å². The summed E-state index contributed by atoms with van der Waals surface area (Å²) in [4.78, 5) is 0. The van der Waals surface area contributed by atoms with E-state index in [0.717, 1.165) is 25.0 Å². The van der Waals surface area contributed by atoms with Crippen LogP contribution < -0.4 is 5.32 Å². The Morgan fingerprint density at radius 3 is 2.72 bits per heavy atom. The molecule has 2 fully saturated rings. The molecule has 1 heterocycles. The second kappa shape index (κ2) is 6.38. The first-order valence-corrected chi connectivity index (χ1v) is 8.00. The van der Waals surface area contributed by atoms with Gasteiger partial charge in [0.25, 0.3) is 0 Å². The summed E-state index contributed by atoms with van der Waals surface area (Å²) in [6, 6.07) is 0. The van der Waals surface area contributed by atoms with Gasteiger partial charge in [0.05, 0.1) is 6.10 Å². The number of ether oxygens (including phenoxy) is 1. The van der Waals surface area contributed by atoms with E-state index in [1.807, 2.05) is 0 Å². The summed E-state index contributed by atoms with van der Waals surface area (Å²) in [6.45, 7) is 10.2. The first-order chi connectivity index (χ1) is 8.68. The van der Waals surface area contributed by atoms with Crippen LogP contribution >= 0.6 is 0 Å². The van der Waals surface area contributed by atoms with Crippen LogP contribution in [0.15, 0.2) is 0 Å². The van der Waals surface area contributed by atoms with Crippen LogP contribution in [0.25, 0.3) is 0 Å². The minimum atomic E-state index is 0.450. The summed E-state index contributed by atoms with van der Waals surface area (Å²) < 4.78 is 6.11. The molecule has 0 radical (unpaired) electrons. The van der Waals surface area contributed by atoms with Crippen molar-refractivity contribution in [1.82, 2.24) is 5.32 Å². The maximum absolute atomic E-state index is 6.11. The van der Waals surface area contributed by atoms with Gasteiger partial charge in [-0.05, 0) is 44.1 Å². The van der Waals surface area contributed by atoms with Gasteiger partial charge in [0.15, 0.2) is 0 Å². The fraction of sp³-hybridized carbons (Fsp3) is 1.00. The lowest BCUT2D eigenvalue weighted by atomic mass is 9.74. The van der Waals surface area contributed by atoms with E-state index in [4.69, 9.17) is 4.74 Å². The highest BCUT2D eigenvalue weighted by atomic mass is 16.5. The summed E-state index contributed by atoms with van der Waals surface area (Å²) in [6.07, 6.45) is 8.67. The zero-order valence-corrected chi connectivity index (χ0v) is 12.5. The van der Waals surface area contributed by atoms with Crippen molar-refractivity contribution in [3.8, 4) is 0 Å². The molecule has 2 atom stereocenters. The quantitative estimate of drug-likeness (QED) is 0.713. The van der Waals surface area contributed by atoms with E-state index >= 15 is 0 Å². The minimum Gasteiger partial charge on any atom is -0.377 e. The maximum Gasteiger partial charge on any atom is 0.0672 e. The molecule has 1 aliphatic heterocycles. The zero-order valence-electron chi connectivity index (χ0n) is 12.5. The van der Waals surface area contributed by atoms with Gasteiger partial charge in [-0.2, -0.15) is 0 Å². The monoisotopic (exact) mass is 253 g/mol. The Morgan fingerprint density at radius 1 is 1.33 bits per heavy atom. The van der Waals surface area contributed by atoms with Crippen LogP contribution in [0.2, 0.25) is 0 Å². The Balaban J connectivity index is 1.92. The molecule has 2 nitrogen and oxygen atoms in total. The average molecular weight is 253 g/mol. The topological polar surface area (TPSA) is 21.3 Å². The Hall–Kier alpha value is -0.0800. The molecule has 2 aliphatic rings. The van der Waals surface area contributed by atoms with E-state index in [-0.39, 0.29) is 0 Å². The molecule has 0 bridgehead atoms. The smallest absolute Gasteiger partial charge is 0.0672 e. The molecule has 106 valence electrons. The second-order valence-electron chi connectivity index (χ2n) is 6.87.